The molecule has 2 aromatic rings. The predicted octanol–water partition coefficient (Wildman–Crippen LogP) is -4.51. The summed E-state index contributed by atoms with van der Waals surface area (Å²) in [5.74, 6) is -1.79. The van der Waals surface area contributed by atoms with Crippen LogP contribution in [-0.4, -0.2) is 125 Å². The van der Waals surface area contributed by atoms with Crippen molar-refractivity contribution in [3.05, 3.63) is 71.5 Å². The van der Waals surface area contributed by atoms with Gasteiger partial charge in [-0.3, -0.25) is 0 Å². The van der Waals surface area contributed by atoms with Crippen molar-refractivity contribution < 1.29 is 145 Å². The Kier molecular flexibility index (Phi) is 24.5. The minimum Gasteiger partial charge on any atom is -0.748 e. The Bertz CT molecular complexity index is 2460. The first-order valence-electron chi connectivity index (χ1n) is 20.4. The van der Waals surface area contributed by atoms with E-state index in [1.165, 1.54) is 0 Å². The van der Waals surface area contributed by atoms with Crippen molar-refractivity contribution >= 4 is 68.9 Å². The Morgan fingerprint density at radius 1 is 0.594 bits per heavy atom. The smallest absolute Gasteiger partial charge is 0.748 e. The van der Waals surface area contributed by atoms with Crippen LogP contribution in [0.5, 0.6) is 0 Å². The quantitative estimate of drug-likeness (QED) is 0.0417. The topological polar surface area (TPSA) is 242 Å². The van der Waals surface area contributed by atoms with Gasteiger partial charge in [-0.25, -0.2) is 33.7 Å². The van der Waals surface area contributed by atoms with Crippen LogP contribution in [0.1, 0.15) is 90.2 Å². The zero-order valence-corrected chi connectivity index (χ0v) is 48.1. The van der Waals surface area contributed by atoms with E-state index in [-0.39, 0.29) is 114 Å². The molecule has 0 aliphatic carbocycles. The first kappa shape index (κ1) is 61.6. The predicted molar refractivity (Wildman–Crippen MR) is 235 cm³/mol. The Labute approximate surface area is 448 Å². The number of hydrogen-bond acceptors (Lipinski definition) is 15. The Hall–Kier alpha value is -0.370. The maximum absolute atomic E-state index is 11.4. The summed E-state index contributed by atoms with van der Waals surface area (Å²) in [7, 11) is -13.6. The molecular formula is C41H59N4Na3O12S4. The summed E-state index contributed by atoms with van der Waals surface area (Å²) in [6.07, 6.45) is 8.76. The molecule has 2 heterocycles. The third-order valence-corrected chi connectivity index (χ3v) is 14.6. The van der Waals surface area contributed by atoms with Gasteiger partial charge in [0.05, 0.1) is 45.9 Å². The zero-order valence-electron chi connectivity index (χ0n) is 38.8. The van der Waals surface area contributed by atoms with Gasteiger partial charge in [0, 0.05) is 109 Å². The summed E-state index contributed by atoms with van der Waals surface area (Å²) in [5, 5.41) is 0. The molecule has 16 nitrogen and oxygen atoms in total. The van der Waals surface area contributed by atoms with Crippen LogP contribution >= 0.6 is 0 Å². The number of unbranched alkanes of at least 4 members (excludes halogenated alkanes) is 4. The normalized spacial score (nSPS) is 16.3. The molecule has 0 fully saturated rings. The number of nitrogens with zero attached hydrogens (tertiary/aromatic N) is 4. The van der Waals surface area contributed by atoms with Crippen LogP contribution in [-0.2, 0) is 51.3 Å². The Morgan fingerprint density at radius 2 is 1.03 bits per heavy atom. The molecule has 0 saturated heterocycles. The van der Waals surface area contributed by atoms with Crippen molar-refractivity contribution in [2.75, 3.05) is 78.0 Å². The van der Waals surface area contributed by atoms with Crippen LogP contribution in [0, 0.1) is 0 Å². The van der Waals surface area contributed by atoms with Crippen molar-refractivity contribution in [3.63, 3.8) is 0 Å². The number of anilines is 3. The number of fused-ring (bicyclic) bond motifs is 2. The molecule has 2 aromatic carbocycles. The SMILES string of the molecule is CN(CCCCS(=O)(=O)[O-])c1ccc2c(c1)C(C)(C)C(C=C/C=C1/N(CCCCS(=O)(=O)[O-])c3ccc(N(C)CCCCS(=O)(=O)[O-])cc3C1(C)C)=[N+]2CCCCS(=O)(=O)[O-].[Na+].[Na+].[Na+]. The van der Waals surface area contributed by atoms with E-state index in [0.29, 0.717) is 51.9 Å². The average Bonchev–Trinajstić information content (AvgIpc) is 3.47. The van der Waals surface area contributed by atoms with Crippen LogP contribution in [0.3, 0.4) is 0 Å². The summed E-state index contributed by atoms with van der Waals surface area (Å²) in [5.41, 5.74) is 6.43. The monoisotopic (exact) mass is 996 g/mol. The molecule has 0 atom stereocenters. The summed E-state index contributed by atoms with van der Waals surface area (Å²) >= 11 is 0. The van der Waals surface area contributed by atoms with Gasteiger partial charge in [-0.05, 0) is 101 Å². The Morgan fingerprint density at radius 3 is 1.52 bits per heavy atom. The second kappa shape index (κ2) is 25.5. The van der Waals surface area contributed by atoms with Gasteiger partial charge in [0.15, 0.2) is 5.71 Å². The van der Waals surface area contributed by atoms with E-state index in [1.807, 2.05) is 66.4 Å². The number of allylic oxidation sites excluding steroid dienone is 4. The van der Waals surface area contributed by atoms with Gasteiger partial charge in [-0.2, -0.15) is 4.58 Å². The third-order valence-electron chi connectivity index (χ3n) is 11.5. The molecule has 0 unspecified atom stereocenters. The molecule has 23 heteroatoms. The van der Waals surface area contributed by atoms with Crippen molar-refractivity contribution in [1.29, 1.82) is 0 Å². The fourth-order valence-electron chi connectivity index (χ4n) is 8.13. The largest absolute Gasteiger partial charge is 1.00 e. The fourth-order valence-corrected chi connectivity index (χ4v) is 10.4. The van der Waals surface area contributed by atoms with E-state index in [9.17, 15) is 51.9 Å². The molecule has 0 N–H and O–H groups in total. The molecule has 64 heavy (non-hydrogen) atoms. The van der Waals surface area contributed by atoms with Crippen molar-refractivity contribution in [2.45, 2.75) is 89.9 Å². The van der Waals surface area contributed by atoms with Gasteiger partial charge in [0.2, 0.25) is 5.69 Å². The minimum absolute atomic E-state index is 0. The van der Waals surface area contributed by atoms with Crippen molar-refractivity contribution in [3.8, 4) is 0 Å². The standard InChI is InChI=1S/C41H62N4O12S4.3Na/c1-40(2)34-30-32(42(5)22-7-11-26-58(46,47)48)18-20-36(34)44(24-9-13-28-60(52,53)54)38(40)16-15-17-39-41(3,4)35-31-33(43(6)23-8-12-27-59(49,50)51)19-21-37(35)45(39)25-10-14-29-61(55,56)57;;;/h15-21,30-31H,7-14,22-29H2,1-6H3,(H3-,46,47,48,49,50,51,52,53,54,55,56,57);;;/q;3*+1/p-3. The Balaban J connectivity index is 0.00000683. The summed E-state index contributed by atoms with van der Waals surface area (Å²) < 4.78 is 137. The maximum atomic E-state index is 11.4. The fraction of sp³-hybridized carbons (Fsp3) is 0.585. The van der Waals surface area contributed by atoms with Crippen molar-refractivity contribution in [1.82, 2.24) is 0 Å². The summed E-state index contributed by atoms with van der Waals surface area (Å²) in [4.78, 5) is 6.14. The molecular weight excluding hydrogens is 938 g/mol. The minimum atomic E-state index is -4.38. The van der Waals surface area contributed by atoms with Gasteiger partial charge in [0.25, 0.3) is 0 Å². The molecule has 0 aromatic heterocycles. The first-order valence-corrected chi connectivity index (χ1v) is 26.7. The van der Waals surface area contributed by atoms with E-state index in [0.717, 1.165) is 45.3 Å². The van der Waals surface area contributed by atoms with Gasteiger partial charge in [-0.15, -0.1) is 0 Å². The van der Waals surface area contributed by atoms with E-state index >= 15 is 0 Å². The third kappa shape index (κ3) is 18.2. The molecule has 4 rings (SSSR count). The molecule has 342 valence electrons. The van der Waals surface area contributed by atoms with Crippen LogP contribution in [0.25, 0.3) is 0 Å². The molecule has 0 saturated carbocycles. The maximum Gasteiger partial charge on any atom is 1.00 e. The van der Waals surface area contributed by atoms with Gasteiger partial charge in [-0.1, -0.05) is 19.9 Å². The van der Waals surface area contributed by atoms with E-state index < -0.39 is 74.3 Å². The van der Waals surface area contributed by atoms with Crippen LogP contribution < -0.4 is 103 Å². The first-order chi connectivity index (χ1) is 28.1. The summed E-state index contributed by atoms with van der Waals surface area (Å²) in [6.45, 7) is 10.3. The second-order valence-corrected chi connectivity index (χ2v) is 23.1. The van der Waals surface area contributed by atoms with Crippen LogP contribution in [0.4, 0.5) is 22.7 Å². The van der Waals surface area contributed by atoms with Gasteiger partial charge >= 0.3 is 88.7 Å². The molecule has 0 amide bonds. The molecule has 2 aliphatic heterocycles. The van der Waals surface area contributed by atoms with E-state index in [1.54, 1.807) is 0 Å². The second-order valence-electron chi connectivity index (χ2n) is 17.0. The number of hydrogen-bond donors (Lipinski definition) is 0. The zero-order chi connectivity index (χ0) is 45.6. The molecule has 0 spiro atoms. The molecule has 2 aliphatic rings. The molecule has 0 bridgehead atoms. The van der Waals surface area contributed by atoms with Crippen LogP contribution in [0.15, 0.2) is 60.3 Å². The van der Waals surface area contributed by atoms with Gasteiger partial charge in [0.1, 0.15) is 6.54 Å². The van der Waals surface area contributed by atoms with Gasteiger partial charge < -0.3 is 32.9 Å². The van der Waals surface area contributed by atoms with Crippen LogP contribution in [0.2, 0.25) is 0 Å². The number of rotatable bonds is 24. The molecule has 0 radical (unpaired) electrons. The van der Waals surface area contributed by atoms with E-state index in [4.69, 9.17) is 0 Å². The average molecular weight is 997 g/mol. The van der Waals surface area contributed by atoms with E-state index in [2.05, 4.69) is 49.3 Å². The summed E-state index contributed by atoms with van der Waals surface area (Å²) in [6, 6.07) is 12.1. The van der Waals surface area contributed by atoms with Crippen molar-refractivity contribution in [2.24, 2.45) is 0 Å². The number of benzene rings is 2.